The van der Waals surface area contributed by atoms with Crippen LogP contribution in [0.4, 0.5) is 5.69 Å². The number of likely N-dealkylation sites (N-methyl/N-ethyl adjacent to an activating group) is 1. The molecule has 1 aliphatic rings. The van der Waals surface area contributed by atoms with Gasteiger partial charge in [-0.15, -0.1) is 0 Å². The van der Waals surface area contributed by atoms with Crippen molar-refractivity contribution in [3.05, 3.63) is 59.2 Å². The van der Waals surface area contributed by atoms with E-state index in [9.17, 15) is 9.59 Å². The molecular formula is C24H31N3O3. The number of nitrogens with zero attached hydrogens (tertiary/aromatic N) is 2. The fourth-order valence-corrected chi connectivity index (χ4v) is 3.92. The van der Waals surface area contributed by atoms with Gasteiger partial charge in [-0.1, -0.05) is 31.2 Å². The number of nitrogens with one attached hydrogen (secondary N) is 1. The van der Waals surface area contributed by atoms with Crippen LogP contribution in [-0.4, -0.2) is 54.9 Å². The smallest absolute Gasteiger partial charge is 0.243 e. The first-order valence-electron chi connectivity index (χ1n) is 10.5. The molecule has 0 bridgehead atoms. The molecule has 1 aliphatic heterocycles. The molecule has 6 nitrogen and oxygen atoms in total. The van der Waals surface area contributed by atoms with Gasteiger partial charge >= 0.3 is 0 Å². The molecule has 0 aromatic heterocycles. The fourth-order valence-electron chi connectivity index (χ4n) is 3.92. The van der Waals surface area contributed by atoms with Crippen LogP contribution in [0.15, 0.2) is 42.5 Å². The van der Waals surface area contributed by atoms with Crippen molar-refractivity contribution in [2.45, 2.75) is 39.3 Å². The summed E-state index contributed by atoms with van der Waals surface area (Å²) < 4.78 is 5.33. The lowest BCUT2D eigenvalue weighted by Gasteiger charge is -2.34. The first-order chi connectivity index (χ1) is 14.4. The van der Waals surface area contributed by atoms with Crippen LogP contribution in [0.1, 0.15) is 30.5 Å². The van der Waals surface area contributed by atoms with E-state index in [1.807, 2.05) is 43.3 Å². The topological polar surface area (TPSA) is 61.9 Å². The van der Waals surface area contributed by atoms with Gasteiger partial charge in [0.05, 0.1) is 19.7 Å². The standard InChI is InChI=1S/C24H31N3O3/c1-5-18-8-6-7-9-22(18)25-23(28)16-26(3)24(29)17(2)27-13-12-19-10-11-21(30-4)14-20(19)15-27/h6-11,14,17H,5,12-13,15-16H2,1-4H3,(H,25,28). The Balaban J connectivity index is 1.59. The Labute approximate surface area is 178 Å². The minimum Gasteiger partial charge on any atom is -0.497 e. The molecule has 0 aliphatic carbocycles. The number of anilines is 1. The number of aryl methyl sites for hydroxylation is 1. The van der Waals surface area contributed by atoms with Crippen molar-refractivity contribution in [1.29, 1.82) is 0 Å². The van der Waals surface area contributed by atoms with Gasteiger partial charge in [-0.3, -0.25) is 14.5 Å². The number of para-hydroxylation sites is 1. The van der Waals surface area contributed by atoms with E-state index < -0.39 is 0 Å². The zero-order chi connectivity index (χ0) is 21.7. The zero-order valence-corrected chi connectivity index (χ0v) is 18.3. The number of carbonyl (C=O) groups is 2. The van der Waals surface area contributed by atoms with E-state index >= 15 is 0 Å². The van der Waals surface area contributed by atoms with Crippen LogP contribution in [0.25, 0.3) is 0 Å². The Kier molecular flexibility index (Phi) is 7.11. The number of amides is 2. The Hall–Kier alpha value is -2.86. The molecule has 1 atom stereocenters. The van der Waals surface area contributed by atoms with Crippen LogP contribution in [-0.2, 0) is 29.0 Å². The summed E-state index contributed by atoms with van der Waals surface area (Å²) >= 11 is 0. The largest absolute Gasteiger partial charge is 0.497 e. The average molecular weight is 410 g/mol. The van der Waals surface area contributed by atoms with Crippen molar-refractivity contribution < 1.29 is 14.3 Å². The van der Waals surface area contributed by atoms with Crippen LogP contribution >= 0.6 is 0 Å². The summed E-state index contributed by atoms with van der Waals surface area (Å²) in [6.07, 6.45) is 1.73. The number of hydrogen-bond acceptors (Lipinski definition) is 4. The Bertz CT molecular complexity index is 912. The maximum absolute atomic E-state index is 13.0. The minimum absolute atomic E-state index is 0.0273. The summed E-state index contributed by atoms with van der Waals surface area (Å²) in [5.74, 6) is 0.587. The predicted molar refractivity (Wildman–Crippen MR) is 119 cm³/mol. The molecule has 1 N–H and O–H groups in total. The van der Waals surface area contributed by atoms with Gasteiger partial charge in [0, 0.05) is 25.8 Å². The molecule has 1 heterocycles. The second-order valence-electron chi connectivity index (χ2n) is 7.78. The van der Waals surface area contributed by atoms with Gasteiger partial charge in [-0.05, 0) is 54.7 Å². The van der Waals surface area contributed by atoms with Crippen molar-refractivity contribution in [3.63, 3.8) is 0 Å². The zero-order valence-electron chi connectivity index (χ0n) is 18.3. The highest BCUT2D eigenvalue weighted by atomic mass is 16.5. The molecule has 3 rings (SSSR count). The van der Waals surface area contributed by atoms with Gasteiger partial charge in [0.2, 0.25) is 11.8 Å². The van der Waals surface area contributed by atoms with Gasteiger partial charge in [-0.25, -0.2) is 0 Å². The summed E-state index contributed by atoms with van der Waals surface area (Å²) in [5, 5.41) is 2.93. The van der Waals surface area contributed by atoms with Crippen LogP contribution in [0.3, 0.4) is 0 Å². The first-order valence-corrected chi connectivity index (χ1v) is 10.5. The van der Waals surface area contributed by atoms with E-state index in [2.05, 4.69) is 23.2 Å². The maximum Gasteiger partial charge on any atom is 0.243 e. The fraction of sp³-hybridized carbons (Fsp3) is 0.417. The lowest BCUT2D eigenvalue weighted by atomic mass is 9.98. The van der Waals surface area contributed by atoms with Crippen LogP contribution in [0.2, 0.25) is 0 Å². The molecule has 2 amide bonds. The lowest BCUT2D eigenvalue weighted by Crippen LogP contribution is -2.49. The quantitative estimate of drug-likeness (QED) is 0.763. The van der Waals surface area contributed by atoms with E-state index in [1.54, 1.807) is 14.2 Å². The molecule has 0 fully saturated rings. The molecule has 6 heteroatoms. The third-order valence-electron chi connectivity index (χ3n) is 5.79. The van der Waals surface area contributed by atoms with Gasteiger partial charge in [0.25, 0.3) is 0 Å². The van der Waals surface area contributed by atoms with E-state index in [4.69, 9.17) is 4.74 Å². The minimum atomic E-state index is -0.301. The molecule has 0 saturated heterocycles. The molecule has 0 spiro atoms. The molecule has 30 heavy (non-hydrogen) atoms. The van der Waals surface area contributed by atoms with Crippen molar-refractivity contribution in [2.24, 2.45) is 0 Å². The molecular weight excluding hydrogens is 378 g/mol. The molecule has 160 valence electrons. The number of carbonyl (C=O) groups excluding carboxylic acids is 2. The van der Waals surface area contributed by atoms with Gasteiger partial charge in [0.15, 0.2) is 0 Å². The van der Waals surface area contributed by atoms with Crippen molar-refractivity contribution in [2.75, 3.05) is 32.6 Å². The second-order valence-corrected chi connectivity index (χ2v) is 7.78. The third-order valence-corrected chi connectivity index (χ3v) is 5.79. The predicted octanol–water partition coefficient (Wildman–Crippen LogP) is 3.10. The molecule has 0 radical (unpaired) electrons. The van der Waals surface area contributed by atoms with Crippen molar-refractivity contribution >= 4 is 17.5 Å². The lowest BCUT2D eigenvalue weighted by molar-refractivity contribution is -0.138. The second kappa shape index (κ2) is 9.76. The SMILES string of the molecule is CCc1ccccc1NC(=O)CN(C)C(=O)C(C)N1CCc2ccc(OC)cc2C1. The van der Waals surface area contributed by atoms with Gasteiger partial charge in [0.1, 0.15) is 5.75 Å². The number of methoxy groups -OCH3 is 1. The van der Waals surface area contributed by atoms with E-state index in [-0.39, 0.29) is 24.4 Å². The highest BCUT2D eigenvalue weighted by Gasteiger charge is 2.28. The number of rotatable bonds is 7. The highest BCUT2D eigenvalue weighted by Crippen LogP contribution is 2.25. The molecule has 2 aromatic carbocycles. The molecule has 1 unspecified atom stereocenters. The molecule has 0 saturated carbocycles. The Morgan fingerprint density at radius 1 is 1.20 bits per heavy atom. The number of ether oxygens (including phenoxy) is 1. The maximum atomic E-state index is 13.0. The van der Waals surface area contributed by atoms with Gasteiger partial charge in [-0.2, -0.15) is 0 Å². The summed E-state index contributed by atoms with van der Waals surface area (Å²) in [6.45, 7) is 5.50. The van der Waals surface area contributed by atoms with Crippen LogP contribution in [0, 0.1) is 0 Å². The van der Waals surface area contributed by atoms with Crippen LogP contribution < -0.4 is 10.1 Å². The van der Waals surface area contributed by atoms with Crippen LogP contribution in [0.5, 0.6) is 5.75 Å². The van der Waals surface area contributed by atoms with E-state index in [0.29, 0.717) is 6.54 Å². The average Bonchev–Trinajstić information content (AvgIpc) is 2.77. The van der Waals surface area contributed by atoms with E-state index in [1.165, 1.54) is 16.0 Å². The van der Waals surface area contributed by atoms with Crippen molar-refractivity contribution in [3.8, 4) is 5.75 Å². The Morgan fingerprint density at radius 2 is 1.97 bits per heavy atom. The summed E-state index contributed by atoms with van der Waals surface area (Å²) in [6, 6.07) is 13.6. The Morgan fingerprint density at radius 3 is 2.70 bits per heavy atom. The third kappa shape index (κ3) is 5.00. The first kappa shape index (κ1) is 21.8. The van der Waals surface area contributed by atoms with E-state index in [0.717, 1.165) is 36.4 Å². The molecule has 2 aromatic rings. The van der Waals surface area contributed by atoms with Crippen molar-refractivity contribution in [1.82, 2.24) is 9.80 Å². The number of fused-ring (bicyclic) bond motifs is 1. The monoisotopic (exact) mass is 409 g/mol. The normalized spacial score (nSPS) is 14.5. The summed E-state index contributed by atoms with van der Waals surface area (Å²) in [4.78, 5) is 29.1. The highest BCUT2D eigenvalue weighted by molar-refractivity contribution is 5.95. The number of benzene rings is 2. The summed E-state index contributed by atoms with van der Waals surface area (Å²) in [7, 11) is 3.35. The summed E-state index contributed by atoms with van der Waals surface area (Å²) in [5.41, 5.74) is 4.38. The van der Waals surface area contributed by atoms with Gasteiger partial charge < -0.3 is 15.0 Å². The number of hydrogen-bond donors (Lipinski definition) is 1.